The summed E-state index contributed by atoms with van der Waals surface area (Å²) in [5.74, 6) is 4.67. The Balaban J connectivity index is 1.93. The molecule has 0 aliphatic heterocycles. The molecular weight excluding hydrogens is 228 g/mol. The van der Waals surface area contributed by atoms with Gasteiger partial charge in [-0.15, -0.1) is 0 Å². The van der Waals surface area contributed by atoms with Gasteiger partial charge in [-0.3, -0.25) is 0 Å². The first-order valence-corrected chi connectivity index (χ1v) is 8.73. The molecular formula is C19H34. The number of rotatable bonds is 4. The summed E-state index contributed by atoms with van der Waals surface area (Å²) in [4.78, 5) is 0. The first-order valence-electron chi connectivity index (χ1n) is 8.73. The first-order chi connectivity index (χ1) is 9.08. The topological polar surface area (TPSA) is 0 Å². The highest BCUT2D eigenvalue weighted by atomic mass is 14.4. The summed E-state index contributed by atoms with van der Waals surface area (Å²) in [6.07, 6.45) is 13.2. The molecule has 0 saturated heterocycles. The second-order valence-electron chi connectivity index (χ2n) is 7.73. The van der Waals surface area contributed by atoms with E-state index in [1.165, 1.54) is 63.4 Å². The molecule has 0 nitrogen and oxygen atoms in total. The fourth-order valence-electron chi connectivity index (χ4n) is 4.55. The largest absolute Gasteiger partial charge is 0.0999 e. The van der Waals surface area contributed by atoms with Crippen LogP contribution in [-0.2, 0) is 0 Å². The molecule has 0 radical (unpaired) electrons. The predicted molar refractivity (Wildman–Crippen MR) is 85.2 cm³/mol. The fourth-order valence-corrected chi connectivity index (χ4v) is 4.55. The van der Waals surface area contributed by atoms with Gasteiger partial charge in [0, 0.05) is 0 Å². The van der Waals surface area contributed by atoms with Gasteiger partial charge in [-0.1, -0.05) is 64.5 Å². The molecule has 2 saturated carbocycles. The van der Waals surface area contributed by atoms with Crippen LogP contribution in [0.5, 0.6) is 0 Å². The Kier molecular flexibility index (Phi) is 5.54. The highest BCUT2D eigenvalue weighted by Gasteiger charge is 2.31. The third-order valence-electron chi connectivity index (χ3n) is 6.11. The van der Waals surface area contributed by atoms with Gasteiger partial charge in [0.25, 0.3) is 0 Å². The second kappa shape index (κ2) is 6.95. The molecule has 2 rings (SSSR count). The maximum absolute atomic E-state index is 4.34. The van der Waals surface area contributed by atoms with Crippen LogP contribution in [-0.4, -0.2) is 0 Å². The average molecular weight is 262 g/mol. The van der Waals surface area contributed by atoms with Crippen LogP contribution in [0.1, 0.15) is 78.6 Å². The minimum absolute atomic E-state index is 0.818. The average Bonchev–Trinajstić information content (AvgIpc) is 2.39. The highest BCUT2D eigenvalue weighted by Crippen LogP contribution is 2.42. The zero-order valence-electron chi connectivity index (χ0n) is 13.5. The van der Waals surface area contributed by atoms with Gasteiger partial charge in [-0.2, -0.15) is 0 Å². The van der Waals surface area contributed by atoms with Crippen molar-refractivity contribution < 1.29 is 0 Å². The second-order valence-corrected chi connectivity index (χ2v) is 7.73. The van der Waals surface area contributed by atoms with Crippen molar-refractivity contribution in [3.8, 4) is 0 Å². The molecule has 0 spiro atoms. The maximum atomic E-state index is 4.34. The van der Waals surface area contributed by atoms with Gasteiger partial charge in [-0.25, -0.2) is 0 Å². The van der Waals surface area contributed by atoms with Crippen LogP contribution in [0.4, 0.5) is 0 Å². The summed E-state index contributed by atoms with van der Waals surface area (Å²) in [5.41, 5.74) is 1.47. The van der Waals surface area contributed by atoms with Gasteiger partial charge in [-0.05, 0) is 55.8 Å². The SMILES string of the molecule is C=C(C)C(CC1CCCCC1C)C1CCC(C)CC1. The molecule has 0 aromatic carbocycles. The van der Waals surface area contributed by atoms with Gasteiger partial charge in [0.1, 0.15) is 0 Å². The van der Waals surface area contributed by atoms with Gasteiger partial charge in [0.05, 0.1) is 0 Å². The zero-order chi connectivity index (χ0) is 13.8. The van der Waals surface area contributed by atoms with Gasteiger partial charge in [0.15, 0.2) is 0 Å². The van der Waals surface area contributed by atoms with E-state index in [-0.39, 0.29) is 0 Å². The summed E-state index contributed by atoms with van der Waals surface area (Å²) >= 11 is 0. The van der Waals surface area contributed by atoms with E-state index in [9.17, 15) is 0 Å². The Bertz CT molecular complexity index is 282. The van der Waals surface area contributed by atoms with E-state index in [1.54, 1.807) is 0 Å². The summed E-state index contributed by atoms with van der Waals surface area (Å²) in [5, 5.41) is 0. The van der Waals surface area contributed by atoms with E-state index in [2.05, 4.69) is 27.4 Å². The molecule has 0 N–H and O–H groups in total. The zero-order valence-corrected chi connectivity index (χ0v) is 13.5. The van der Waals surface area contributed by atoms with E-state index in [0.717, 1.165) is 29.6 Å². The molecule has 0 amide bonds. The minimum atomic E-state index is 0.818. The monoisotopic (exact) mass is 262 g/mol. The third-order valence-corrected chi connectivity index (χ3v) is 6.11. The molecule has 3 unspecified atom stereocenters. The minimum Gasteiger partial charge on any atom is -0.0999 e. The van der Waals surface area contributed by atoms with Crippen LogP contribution in [0, 0.1) is 29.6 Å². The molecule has 0 bridgehead atoms. The van der Waals surface area contributed by atoms with Crippen LogP contribution in [0.25, 0.3) is 0 Å². The molecule has 2 aliphatic carbocycles. The fraction of sp³-hybridized carbons (Fsp3) is 0.895. The Labute approximate surface area is 121 Å². The Morgan fingerprint density at radius 1 is 1.00 bits per heavy atom. The smallest absolute Gasteiger partial charge is 0.0178 e. The molecule has 0 aromatic rings. The van der Waals surface area contributed by atoms with Crippen molar-refractivity contribution in [2.75, 3.05) is 0 Å². The summed E-state index contributed by atoms with van der Waals surface area (Å²) in [7, 11) is 0. The van der Waals surface area contributed by atoms with E-state index < -0.39 is 0 Å². The van der Waals surface area contributed by atoms with Crippen LogP contribution in [0.15, 0.2) is 12.2 Å². The Morgan fingerprint density at radius 3 is 2.21 bits per heavy atom. The van der Waals surface area contributed by atoms with Crippen molar-refractivity contribution in [3.05, 3.63) is 12.2 Å². The molecule has 0 heteroatoms. The van der Waals surface area contributed by atoms with Crippen molar-refractivity contribution in [1.82, 2.24) is 0 Å². The molecule has 3 atom stereocenters. The molecule has 2 fully saturated rings. The van der Waals surface area contributed by atoms with Crippen LogP contribution in [0.2, 0.25) is 0 Å². The van der Waals surface area contributed by atoms with Crippen molar-refractivity contribution in [1.29, 1.82) is 0 Å². The maximum Gasteiger partial charge on any atom is -0.0178 e. The van der Waals surface area contributed by atoms with E-state index >= 15 is 0 Å². The van der Waals surface area contributed by atoms with Crippen molar-refractivity contribution in [3.63, 3.8) is 0 Å². The standard InChI is InChI=1S/C19H34/c1-14(2)19(17-11-9-15(3)10-12-17)13-18-8-6-5-7-16(18)4/h15-19H,1,5-13H2,2-4H3. The lowest BCUT2D eigenvalue weighted by Crippen LogP contribution is -2.27. The lowest BCUT2D eigenvalue weighted by molar-refractivity contribution is 0.163. The summed E-state index contributed by atoms with van der Waals surface area (Å²) in [6.45, 7) is 11.5. The van der Waals surface area contributed by atoms with Gasteiger partial charge in [0.2, 0.25) is 0 Å². The summed E-state index contributed by atoms with van der Waals surface area (Å²) in [6, 6.07) is 0. The lowest BCUT2D eigenvalue weighted by Gasteiger charge is -2.38. The van der Waals surface area contributed by atoms with Crippen LogP contribution < -0.4 is 0 Å². The van der Waals surface area contributed by atoms with E-state index in [1.807, 2.05) is 0 Å². The third kappa shape index (κ3) is 4.10. The normalized spacial score (nSPS) is 37.8. The first kappa shape index (κ1) is 15.1. The van der Waals surface area contributed by atoms with Crippen molar-refractivity contribution in [2.45, 2.75) is 78.6 Å². The number of hydrogen-bond acceptors (Lipinski definition) is 0. The lowest BCUT2D eigenvalue weighted by atomic mass is 9.68. The number of hydrogen-bond donors (Lipinski definition) is 0. The Morgan fingerprint density at radius 2 is 1.63 bits per heavy atom. The predicted octanol–water partition coefficient (Wildman–Crippen LogP) is 6.22. The number of allylic oxidation sites excluding steroid dienone is 1. The van der Waals surface area contributed by atoms with Gasteiger partial charge < -0.3 is 0 Å². The summed E-state index contributed by atoms with van der Waals surface area (Å²) < 4.78 is 0. The van der Waals surface area contributed by atoms with Crippen LogP contribution in [0.3, 0.4) is 0 Å². The van der Waals surface area contributed by atoms with Crippen molar-refractivity contribution in [2.24, 2.45) is 29.6 Å². The van der Waals surface area contributed by atoms with Crippen LogP contribution >= 0.6 is 0 Å². The highest BCUT2D eigenvalue weighted by molar-refractivity contribution is 5.01. The van der Waals surface area contributed by atoms with Gasteiger partial charge >= 0.3 is 0 Å². The molecule has 2 aliphatic rings. The Hall–Kier alpha value is -0.260. The molecule has 0 heterocycles. The van der Waals surface area contributed by atoms with E-state index in [0.29, 0.717) is 0 Å². The molecule has 0 aromatic heterocycles. The van der Waals surface area contributed by atoms with E-state index in [4.69, 9.17) is 0 Å². The van der Waals surface area contributed by atoms with Crippen molar-refractivity contribution >= 4 is 0 Å². The molecule has 19 heavy (non-hydrogen) atoms. The quantitative estimate of drug-likeness (QED) is 0.527. The molecule has 110 valence electrons.